The summed E-state index contributed by atoms with van der Waals surface area (Å²) >= 11 is 0. The van der Waals surface area contributed by atoms with Gasteiger partial charge in [0, 0.05) is 19.8 Å². The molecule has 0 aliphatic rings. The molecule has 0 aromatic heterocycles. The number of carbonyl (C=O) groups excluding carboxylic acids is 2. The highest BCUT2D eigenvalue weighted by molar-refractivity contribution is 5.88. The SMILES string of the molecule is COCC[C@H](NC(=O)OC(C)(C)C)C(=O)COc1c(F)c(F)cc(F)c1F. The second-order valence-electron chi connectivity index (χ2n) is 6.53. The van der Waals surface area contributed by atoms with Gasteiger partial charge in [-0.2, -0.15) is 8.78 Å². The van der Waals surface area contributed by atoms with Crippen molar-refractivity contribution in [1.82, 2.24) is 5.32 Å². The van der Waals surface area contributed by atoms with Gasteiger partial charge in [0.15, 0.2) is 23.2 Å². The Balaban J connectivity index is 2.84. The molecule has 0 radical (unpaired) electrons. The first-order valence-corrected chi connectivity index (χ1v) is 7.93. The van der Waals surface area contributed by atoms with E-state index in [0.29, 0.717) is 0 Å². The molecule has 0 aliphatic carbocycles. The zero-order chi connectivity index (χ0) is 20.8. The van der Waals surface area contributed by atoms with Crippen LogP contribution in [0.1, 0.15) is 27.2 Å². The van der Waals surface area contributed by atoms with Gasteiger partial charge < -0.3 is 19.5 Å². The van der Waals surface area contributed by atoms with Gasteiger partial charge in [-0.1, -0.05) is 0 Å². The maximum absolute atomic E-state index is 13.6. The van der Waals surface area contributed by atoms with Crippen molar-refractivity contribution in [1.29, 1.82) is 0 Å². The van der Waals surface area contributed by atoms with E-state index in [-0.39, 0.29) is 19.1 Å². The molecule has 1 atom stereocenters. The van der Waals surface area contributed by atoms with Crippen LogP contribution in [0.25, 0.3) is 0 Å². The standard InChI is InChI=1S/C17H21F4NO5/c1-17(2,3)27-16(24)22-11(5-6-25-4)12(23)8-26-15-13(20)9(18)7-10(19)14(15)21/h7,11H,5-6,8H2,1-4H3,(H,22,24)/t11-/m0/s1. The van der Waals surface area contributed by atoms with E-state index in [1.807, 2.05) is 0 Å². The first kappa shape index (κ1) is 22.7. The van der Waals surface area contributed by atoms with E-state index < -0.39 is 59.1 Å². The van der Waals surface area contributed by atoms with Crippen LogP contribution in [-0.4, -0.2) is 43.8 Å². The average molecular weight is 395 g/mol. The molecule has 0 fully saturated rings. The van der Waals surface area contributed by atoms with Crippen LogP contribution in [0.3, 0.4) is 0 Å². The van der Waals surface area contributed by atoms with E-state index in [0.717, 1.165) is 0 Å². The third-order valence-electron chi connectivity index (χ3n) is 3.12. The van der Waals surface area contributed by atoms with Gasteiger partial charge in [-0.15, -0.1) is 0 Å². The van der Waals surface area contributed by atoms with Gasteiger partial charge in [0.25, 0.3) is 0 Å². The number of halogens is 4. The second kappa shape index (κ2) is 9.54. The molecule has 6 nitrogen and oxygen atoms in total. The first-order chi connectivity index (χ1) is 12.5. The second-order valence-corrected chi connectivity index (χ2v) is 6.53. The van der Waals surface area contributed by atoms with Crippen molar-refractivity contribution in [2.24, 2.45) is 0 Å². The Morgan fingerprint density at radius 2 is 1.67 bits per heavy atom. The van der Waals surface area contributed by atoms with Gasteiger partial charge in [0.1, 0.15) is 12.2 Å². The Morgan fingerprint density at radius 1 is 1.11 bits per heavy atom. The number of ketones is 1. The minimum absolute atomic E-state index is 0.0143. The van der Waals surface area contributed by atoms with Gasteiger partial charge in [-0.05, 0) is 27.2 Å². The Bertz CT molecular complexity index is 665. The molecule has 0 unspecified atom stereocenters. The quantitative estimate of drug-likeness (QED) is 0.541. The van der Waals surface area contributed by atoms with E-state index in [4.69, 9.17) is 9.47 Å². The maximum atomic E-state index is 13.6. The minimum Gasteiger partial charge on any atom is -0.479 e. The number of alkyl carbamates (subject to hydrolysis) is 1. The smallest absolute Gasteiger partial charge is 0.408 e. The number of methoxy groups -OCH3 is 1. The van der Waals surface area contributed by atoms with Crippen LogP contribution in [0.15, 0.2) is 6.07 Å². The Labute approximate surface area is 153 Å². The number of ether oxygens (including phenoxy) is 3. The highest BCUT2D eigenvalue weighted by Crippen LogP contribution is 2.26. The molecule has 0 heterocycles. The lowest BCUT2D eigenvalue weighted by molar-refractivity contribution is -0.123. The van der Waals surface area contributed by atoms with Crippen molar-refractivity contribution in [3.8, 4) is 5.75 Å². The third kappa shape index (κ3) is 7.05. The van der Waals surface area contributed by atoms with Gasteiger partial charge in [0.2, 0.25) is 11.6 Å². The van der Waals surface area contributed by atoms with Crippen molar-refractivity contribution < 1.29 is 41.4 Å². The molecular formula is C17H21F4NO5. The molecule has 0 spiro atoms. The van der Waals surface area contributed by atoms with Gasteiger partial charge in [-0.3, -0.25) is 4.79 Å². The normalized spacial score (nSPS) is 12.4. The van der Waals surface area contributed by atoms with Crippen molar-refractivity contribution >= 4 is 11.9 Å². The van der Waals surface area contributed by atoms with Gasteiger partial charge in [0.05, 0.1) is 6.04 Å². The third-order valence-corrected chi connectivity index (χ3v) is 3.12. The van der Waals surface area contributed by atoms with E-state index in [1.165, 1.54) is 7.11 Å². The lowest BCUT2D eigenvalue weighted by atomic mass is 10.1. The fraction of sp³-hybridized carbons (Fsp3) is 0.529. The number of nitrogens with one attached hydrogen (secondary N) is 1. The van der Waals surface area contributed by atoms with Crippen LogP contribution in [0, 0.1) is 23.3 Å². The zero-order valence-electron chi connectivity index (χ0n) is 15.3. The maximum Gasteiger partial charge on any atom is 0.408 e. The monoisotopic (exact) mass is 395 g/mol. The molecule has 0 saturated carbocycles. The van der Waals surface area contributed by atoms with Crippen molar-refractivity contribution in [3.05, 3.63) is 29.3 Å². The highest BCUT2D eigenvalue weighted by Gasteiger charge is 2.26. The molecule has 1 aromatic rings. The predicted octanol–water partition coefficient (Wildman–Crippen LogP) is 3.12. The minimum atomic E-state index is -1.77. The number of Topliss-reactive ketones (excluding diaryl/α,β-unsaturated/α-hetero) is 1. The summed E-state index contributed by atoms with van der Waals surface area (Å²) in [5.41, 5.74) is -0.819. The molecule has 0 aliphatic heterocycles. The number of rotatable bonds is 8. The summed E-state index contributed by atoms with van der Waals surface area (Å²) in [5, 5.41) is 2.29. The Kier molecular flexibility index (Phi) is 8.01. The lowest BCUT2D eigenvalue weighted by Crippen LogP contribution is -2.45. The molecule has 1 aromatic carbocycles. The fourth-order valence-corrected chi connectivity index (χ4v) is 1.92. The number of carbonyl (C=O) groups is 2. The molecule has 1 N–H and O–H groups in total. The van der Waals surface area contributed by atoms with E-state index in [2.05, 4.69) is 10.1 Å². The van der Waals surface area contributed by atoms with Crippen LogP contribution in [0.4, 0.5) is 22.4 Å². The number of benzene rings is 1. The molecule has 1 amide bonds. The molecule has 27 heavy (non-hydrogen) atoms. The summed E-state index contributed by atoms with van der Waals surface area (Å²) in [6, 6.07) is -1.14. The molecular weight excluding hydrogens is 374 g/mol. The van der Waals surface area contributed by atoms with Crippen molar-refractivity contribution in [2.75, 3.05) is 20.3 Å². The van der Waals surface area contributed by atoms with Crippen LogP contribution < -0.4 is 10.1 Å². The largest absolute Gasteiger partial charge is 0.479 e. The predicted molar refractivity (Wildman–Crippen MR) is 86.4 cm³/mol. The van der Waals surface area contributed by atoms with Crippen LogP contribution in [0.5, 0.6) is 5.75 Å². The summed E-state index contributed by atoms with van der Waals surface area (Å²) in [5.74, 6) is -9.03. The van der Waals surface area contributed by atoms with E-state index >= 15 is 0 Å². The van der Waals surface area contributed by atoms with Crippen LogP contribution in [0.2, 0.25) is 0 Å². The van der Waals surface area contributed by atoms with Crippen LogP contribution in [-0.2, 0) is 14.3 Å². The van der Waals surface area contributed by atoms with Crippen molar-refractivity contribution in [2.45, 2.75) is 38.8 Å². The molecule has 1 rings (SSSR count). The van der Waals surface area contributed by atoms with Crippen molar-refractivity contribution in [3.63, 3.8) is 0 Å². The molecule has 10 heteroatoms. The summed E-state index contributed by atoms with van der Waals surface area (Å²) in [7, 11) is 1.37. The number of amides is 1. The topological polar surface area (TPSA) is 73.9 Å². The summed E-state index contributed by atoms with van der Waals surface area (Å²) in [6.45, 7) is 3.98. The first-order valence-electron chi connectivity index (χ1n) is 7.93. The zero-order valence-corrected chi connectivity index (χ0v) is 15.3. The Morgan fingerprint density at radius 3 is 2.15 bits per heavy atom. The average Bonchev–Trinajstić information content (AvgIpc) is 2.54. The number of hydrogen-bond donors (Lipinski definition) is 1. The van der Waals surface area contributed by atoms with Gasteiger partial charge >= 0.3 is 6.09 Å². The number of hydrogen-bond acceptors (Lipinski definition) is 5. The molecule has 0 bridgehead atoms. The summed E-state index contributed by atoms with van der Waals surface area (Å²) in [6.07, 6.45) is -0.883. The van der Waals surface area contributed by atoms with E-state index in [1.54, 1.807) is 20.8 Å². The molecule has 152 valence electrons. The molecule has 0 saturated heterocycles. The van der Waals surface area contributed by atoms with Crippen LogP contribution >= 0.6 is 0 Å². The summed E-state index contributed by atoms with van der Waals surface area (Å²) < 4.78 is 67.9. The Hall–Kier alpha value is -2.36. The highest BCUT2D eigenvalue weighted by atomic mass is 19.2. The van der Waals surface area contributed by atoms with Gasteiger partial charge in [-0.25, -0.2) is 13.6 Å². The lowest BCUT2D eigenvalue weighted by Gasteiger charge is -2.23. The fourth-order valence-electron chi connectivity index (χ4n) is 1.92. The van der Waals surface area contributed by atoms with E-state index in [9.17, 15) is 27.2 Å². The summed E-state index contributed by atoms with van der Waals surface area (Å²) in [4.78, 5) is 24.1.